The first-order chi connectivity index (χ1) is 10.2. The van der Waals surface area contributed by atoms with Crippen LogP contribution in [-0.2, 0) is 9.59 Å². The van der Waals surface area contributed by atoms with Crippen LogP contribution in [0.1, 0.15) is 25.7 Å². The summed E-state index contributed by atoms with van der Waals surface area (Å²) in [5.41, 5.74) is 0. The number of hydrogen-bond acceptors (Lipinski definition) is 5. The van der Waals surface area contributed by atoms with Gasteiger partial charge in [0.1, 0.15) is 6.04 Å². The molecule has 0 unspecified atom stereocenters. The van der Waals surface area contributed by atoms with Crippen molar-refractivity contribution < 1.29 is 9.59 Å². The van der Waals surface area contributed by atoms with Gasteiger partial charge >= 0.3 is 0 Å². The van der Waals surface area contributed by atoms with Gasteiger partial charge in [-0.15, -0.1) is 0 Å². The lowest BCUT2D eigenvalue weighted by atomic mass is 10.1. The van der Waals surface area contributed by atoms with Gasteiger partial charge in [0.25, 0.3) is 0 Å². The van der Waals surface area contributed by atoms with Gasteiger partial charge in [-0.05, 0) is 52.9 Å². The summed E-state index contributed by atoms with van der Waals surface area (Å²) in [7, 11) is 3.72. The SMILES string of the molecule is CNCCC[C@H](NC(=O)[C@@H]1CCCN1)C(=O)NCCNC. The van der Waals surface area contributed by atoms with Gasteiger partial charge in [-0.25, -0.2) is 0 Å². The van der Waals surface area contributed by atoms with E-state index in [0.29, 0.717) is 19.5 Å². The number of amides is 2. The summed E-state index contributed by atoms with van der Waals surface area (Å²) in [6, 6.07) is -0.605. The zero-order valence-electron chi connectivity index (χ0n) is 13.1. The molecule has 1 heterocycles. The quantitative estimate of drug-likeness (QED) is 0.319. The average Bonchev–Trinajstić information content (AvgIpc) is 3.00. The second-order valence-electron chi connectivity index (χ2n) is 5.35. The van der Waals surface area contributed by atoms with E-state index in [-0.39, 0.29) is 17.9 Å². The van der Waals surface area contributed by atoms with Crippen molar-refractivity contribution in [2.75, 3.05) is 40.3 Å². The van der Waals surface area contributed by atoms with Gasteiger partial charge in [-0.1, -0.05) is 0 Å². The predicted octanol–water partition coefficient (Wildman–Crippen LogP) is -1.44. The summed E-state index contributed by atoms with van der Waals surface area (Å²) >= 11 is 0. The van der Waals surface area contributed by atoms with Crippen LogP contribution in [0.2, 0.25) is 0 Å². The third-order valence-corrected chi connectivity index (χ3v) is 3.60. The fourth-order valence-corrected chi connectivity index (χ4v) is 2.37. The zero-order valence-corrected chi connectivity index (χ0v) is 13.1. The Labute approximate surface area is 127 Å². The average molecular weight is 299 g/mol. The Morgan fingerprint density at radius 3 is 2.57 bits per heavy atom. The second kappa shape index (κ2) is 10.5. The standard InChI is InChI=1S/C14H29N5O2/c1-15-7-3-6-12(13(20)18-10-9-16-2)19-14(21)11-5-4-8-17-11/h11-12,15-17H,3-10H2,1-2H3,(H,18,20)(H,19,21)/t11-,12-/m0/s1. The summed E-state index contributed by atoms with van der Waals surface area (Å²) in [4.78, 5) is 24.3. The predicted molar refractivity (Wildman–Crippen MR) is 83.1 cm³/mol. The van der Waals surface area contributed by atoms with Crippen LogP contribution in [0.25, 0.3) is 0 Å². The molecule has 5 N–H and O–H groups in total. The first-order valence-electron chi connectivity index (χ1n) is 7.79. The van der Waals surface area contributed by atoms with Gasteiger partial charge in [0.15, 0.2) is 0 Å². The van der Waals surface area contributed by atoms with Crippen LogP contribution in [-0.4, -0.2) is 64.2 Å². The van der Waals surface area contributed by atoms with Crippen LogP contribution in [0.3, 0.4) is 0 Å². The highest BCUT2D eigenvalue weighted by Crippen LogP contribution is 2.06. The van der Waals surface area contributed by atoms with Crippen LogP contribution in [0, 0.1) is 0 Å². The molecular weight excluding hydrogens is 270 g/mol. The molecule has 1 rings (SSSR count). The molecule has 0 aliphatic carbocycles. The first-order valence-corrected chi connectivity index (χ1v) is 7.79. The van der Waals surface area contributed by atoms with E-state index in [4.69, 9.17) is 0 Å². The lowest BCUT2D eigenvalue weighted by molar-refractivity contribution is -0.130. The molecule has 0 radical (unpaired) electrons. The topological polar surface area (TPSA) is 94.3 Å². The molecule has 122 valence electrons. The first kappa shape index (κ1) is 17.9. The van der Waals surface area contributed by atoms with E-state index in [1.54, 1.807) is 0 Å². The molecule has 0 bridgehead atoms. The molecule has 1 saturated heterocycles. The van der Waals surface area contributed by atoms with Crippen molar-refractivity contribution in [1.29, 1.82) is 0 Å². The molecule has 7 heteroatoms. The van der Waals surface area contributed by atoms with Gasteiger partial charge in [0.05, 0.1) is 6.04 Å². The van der Waals surface area contributed by atoms with Crippen LogP contribution in [0.4, 0.5) is 0 Å². The Balaban J connectivity index is 2.45. The fraction of sp³-hybridized carbons (Fsp3) is 0.857. The highest BCUT2D eigenvalue weighted by atomic mass is 16.2. The number of carbonyl (C=O) groups is 2. The molecule has 2 atom stereocenters. The van der Waals surface area contributed by atoms with Crippen molar-refractivity contribution in [1.82, 2.24) is 26.6 Å². The van der Waals surface area contributed by atoms with Gasteiger partial charge in [-0.3, -0.25) is 9.59 Å². The number of likely N-dealkylation sites (N-methyl/N-ethyl adjacent to an activating group) is 1. The summed E-state index contributed by atoms with van der Waals surface area (Å²) < 4.78 is 0. The maximum atomic E-state index is 12.2. The molecule has 1 fully saturated rings. The van der Waals surface area contributed by atoms with Crippen LogP contribution >= 0.6 is 0 Å². The van der Waals surface area contributed by atoms with Crippen molar-refractivity contribution in [3.05, 3.63) is 0 Å². The Morgan fingerprint density at radius 2 is 1.95 bits per heavy atom. The van der Waals surface area contributed by atoms with Crippen molar-refractivity contribution in [3.63, 3.8) is 0 Å². The smallest absolute Gasteiger partial charge is 0.242 e. The maximum Gasteiger partial charge on any atom is 0.242 e. The molecular formula is C14H29N5O2. The van der Waals surface area contributed by atoms with E-state index in [1.165, 1.54) is 0 Å². The van der Waals surface area contributed by atoms with E-state index in [2.05, 4.69) is 26.6 Å². The van der Waals surface area contributed by atoms with Gasteiger partial charge in [-0.2, -0.15) is 0 Å². The van der Waals surface area contributed by atoms with E-state index in [9.17, 15) is 9.59 Å². The highest BCUT2D eigenvalue weighted by molar-refractivity contribution is 5.89. The minimum Gasteiger partial charge on any atom is -0.353 e. The maximum absolute atomic E-state index is 12.2. The Bertz CT molecular complexity index is 318. The number of hydrogen-bond donors (Lipinski definition) is 5. The Hall–Kier alpha value is -1.18. The lowest BCUT2D eigenvalue weighted by Crippen LogP contribution is -2.52. The molecule has 0 aromatic rings. The molecule has 1 aliphatic heterocycles. The van der Waals surface area contributed by atoms with Crippen LogP contribution < -0.4 is 26.6 Å². The van der Waals surface area contributed by atoms with E-state index < -0.39 is 6.04 Å². The minimum atomic E-state index is -0.454. The van der Waals surface area contributed by atoms with E-state index >= 15 is 0 Å². The Morgan fingerprint density at radius 1 is 1.19 bits per heavy atom. The van der Waals surface area contributed by atoms with E-state index in [1.807, 2.05) is 14.1 Å². The summed E-state index contributed by atoms with van der Waals surface area (Å²) in [5, 5.41) is 14.9. The normalized spacial score (nSPS) is 19.2. The lowest BCUT2D eigenvalue weighted by Gasteiger charge is -2.20. The Kier molecular flexibility index (Phi) is 8.96. The molecule has 21 heavy (non-hydrogen) atoms. The largest absolute Gasteiger partial charge is 0.353 e. The minimum absolute atomic E-state index is 0.0641. The molecule has 2 amide bonds. The van der Waals surface area contributed by atoms with Gasteiger partial charge in [0, 0.05) is 13.1 Å². The number of nitrogens with one attached hydrogen (secondary N) is 5. The highest BCUT2D eigenvalue weighted by Gasteiger charge is 2.26. The third-order valence-electron chi connectivity index (χ3n) is 3.60. The molecule has 1 aliphatic rings. The van der Waals surface area contributed by atoms with E-state index in [0.717, 1.165) is 32.4 Å². The molecule has 0 saturated carbocycles. The van der Waals surface area contributed by atoms with Crippen LogP contribution in [0.15, 0.2) is 0 Å². The molecule has 7 nitrogen and oxygen atoms in total. The molecule has 0 aromatic heterocycles. The summed E-state index contributed by atoms with van der Waals surface area (Å²) in [5.74, 6) is -0.168. The van der Waals surface area contributed by atoms with Crippen molar-refractivity contribution in [3.8, 4) is 0 Å². The summed E-state index contributed by atoms with van der Waals surface area (Å²) in [6.45, 7) is 2.98. The number of carbonyl (C=O) groups excluding carboxylic acids is 2. The van der Waals surface area contributed by atoms with Gasteiger partial charge in [0.2, 0.25) is 11.8 Å². The molecule has 0 aromatic carbocycles. The monoisotopic (exact) mass is 299 g/mol. The van der Waals surface area contributed by atoms with Crippen molar-refractivity contribution in [2.45, 2.75) is 37.8 Å². The van der Waals surface area contributed by atoms with Crippen molar-refractivity contribution >= 4 is 11.8 Å². The fourth-order valence-electron chi connectivity index (χ4n) is 2.37. The number of rotatable bonds is 10. The van der Waals surface area contributed by atoms with Crippen molar-refractivity contribution in [2.24, 2.45) is 0 Å². The summed E-state index contributed by atoms with van der Waals surface area (Å²) in [6.07, 6.45) is 3.34. The van der Waals surface area contributed by atoms with Crippen LogP contribution in [0.5, 0.6) is 0 Å². The third kappa shape index (κ3) is 6.88. The zero-order chi connectivity index (χ0) is 15.5. The van der Waals surface area contributed by atoms with Gasteiger partial charge < -0.3 is 26.6 Å². The second-order valence-corrected chi connectivity index (χ2v) is 5.35. The molecule has 0 spiro atoms.